The van der Waals surface area contributed by atoms with E-state index in [1.165, 1.54) is 0 Å². The molecule has 4 N–H and O–H groups in total. The molecular weight excluding hydrogens is 352 g/mol. The first-order chi connectivity index (χ1) is 13.5. The Labute approximate surface area is 163 Å². The third kappa shape index (κ3) is 3.61. The maximum absolute atomic E-state index is 9.43. The lowest BCUT2D eigenvalue weighted by atomic mass is 9.89. The summed E-state index contributed by atoms with van der Waals surface area (Å²) >= 11 is 0. The standard InChI is InChI=1S/C21H24N6O/c1-4-14(20-12(2)9-22-13(20)3)10-24-19-11-23-17-5-6-18(26-21(17)27-19)25-15-7-16(28)8-15/h4-6,9,11,15-16,22,28H,1,3,7-8,10H2,2H3,(H2,24,25,26,27)/b20-14+. The van der Waals surface area contributed by atoms with Crippen molar-refractivity contribution in [1.82, 2.24) is 19.9 Å². The van der Waals surface area contributed by atoms with Crippen molar-refractivity contribution in [1.29, 1.82) is 0 Å². The Morgan fingerprint density at radius 3 is 2.79 bits per heavy atom. The second-order valence-corrected chi connectivity index (χ2v) is 7.17. The molecule has 1 aliphatic rings. The topological polar surface area (TPSA) is 98.8 Å². The van der Waals surface area contributed by atoms with Gasteiger partial charge in [0, 0.05) is 29.4 Å². The van der Waals surface area contributed by atoms with Crippen LogP contribution < -0.4 is 21.2 Å². The highest BCUT2D eigenvalue weighted by Gasteiger charge is 2.27. The first-order valence-electron chi connectivity index (χ1n) is 9.34. The monoisotopic (exact) mass is 376 g/mol. The van der Waals surface area contributed by atoms with E-state index in [9.17, 15) is 5.11 Å². The first kappa shape index (κ1) is 18.2. The van der Waals surface area contributed by atoms with Crippen LogP contribution in [-0.4, -0.2) is 43.7 Å². The van der Waals surface area contributed by atoms with E-state index in [1.807, 2.05) is 31.3 Å². The molecule has 0 aromatic carbocycles. The summed E-state index contributed by atoms with van der Waals surface area (Å²) in [4.78, 5) is 16.7. The Morgan fingerprint density at radius 2 is 2.11 bits per heavy atom. The average molecular weight is 376 g/mol. The summed E-state index contributed by atoms with van der Waals surface area (Å²) in [5.74, 6) is 1.40. The maximum Gasteiger partial charge on any atom is 0.182 e. The number of pyridine rings is 1. The zero-order chi connectivity index (χ0) is 19.7. The lowest BCUT2D eigenvalue weighted by molar-refractivity contribution is 0.0835. The van der Waals surface area contributed by atoms with E-state index in [-0.39, 0.29) is 12.1 Å². The predicted molar refractivity (Wildman–Crippen MR) is 112 cm³/mol. The highest BCUT2D eigenvalue weighted by atomic mass is 16.3. The molecule has 0 spiro atoms. The normalized spacial score (nSPS) is 19.8. The number of H-pyrrole nitrogens is 1. The van der Waals surface area contributed by atoms with Gasteiger partial charge in [-0.3, -0.25) is 0 Å². The van der Waals surface area contributed by atoms with Crippen LogP contribution in [0.25, 0.3) is 23.3 Å². The van der Waals surface area contributed by atoms with Crippen LogP contribution in [0.15, 0.2) is 37.2 Å². The molecule has 7 nitrogen and oxygen atoms in total. The SMILES string of the molecule is C=C/C(CNc1cnc2ccc(NC3CC(O)C3)nc2n1)=c1/c(C)c[nH]c1=C. The highest BCUT2D eigenvalue weighted by Crippen LogP contribution is 2.24. The number of aromatic nitrogens is 4. The molecule has 3 aromatic heterocycles. The largest absolute Gasteiger partial charge is 0.393 e. The minimum Gasteiger partial charge on any atom is -0.393 e. The smallest absolute Gasteiger partial charge is 0.182 e. The molecule has 28 heavy (non-hydrogen) atoms. The van der Waals surface area contributed by atoms with E-state index in [4.69, 9.17) is 0 Å². The average Bonchev–Trinajstić information content (AvgIpc) is 3.00. The van der Waals surface area contributed by atoms with Crippen LogP contribution in [0.5, 0.6) is 0 Å². The van der Waals surface area contributed by atoms with Crippen molar-refractivity contribution in [3.63, 3.8) is 0 Å². The molecule has 0 radical (unpaired) electrons. The molecule has 0 atom stereocenters. The van der Waals surface area contributed by atoms with Crippen LogP contribution in [0.2, 0.25) is 0 Å². The van der Waals surface area contributed by atoms with Gasteiger partial charge in [-0.1, -0.05) is 19.2 Å². The minimum atomic E-state index is -0.202. The Bertz CT molecular complexity index is 1130. The number of aryl methyl sites for hydroxylation is 1. The van der Waals surface area contributed by atoms with E-state index in [2.05, 4.69) is 43.7 Å². The Hall–Kier alpha value is -3.19. The summed E-state index contributed by atoms with van der Waals surface area (Å²) in [7, 11) is 0. The van der Waals surface area contributed by atoms with E-state index < -0.39 is 0 Å². The van der Waals surface area contributed by atoms with Crippen LogP contribution >= 0.6 is 0 Å². The molecule has 0 bridgehead atoms. The summed E-state index contributed by atoms with van der Waals surface area (Å²) < 4.78 is 0. The summed E-state index contributed by atoms with van der Waals surface area (Å²) in [5, 5.41) is 18.0. The number of nitrogens with zero attached hydrogens (tertiary/aromatic N) is 3. The second kappa shape index (κ2) is 7.44. The van der Waals surface area contributed by atoms with Gasteiger partial charge in [0.25, 0.3) is 0 Å². The van der Waals surface area contributed by atoms with Gasteiger partial charge in [-0.25, -0.2) is 15.0 Å². The van der Waals surface area contributed by atoms with E-state index in [1.54, 1.807) is 6.20 Å². The first-order valence-corrected chi connectivity index (χ1v) is 9.34. The van der Waals surface area contributed by atoms with E-state index in [0.29, 0.717) is 18.0 Å². The van der Waals surface area contributed by atoms with Crippen molar-refractivity contribution in [2.24, 2.45) is 0 Å². The van der Waals surface area contributed by atoms with Gasteiger partial charge in [0.2, 0.25) is 0 Å². The van der Waals surface area contributed by atoms with Crippen LogP contribution in [0.1, 0.15) is 18.4 Å². The molecule has 7 heteroatoms. The number of nitrogens with one attached hydrogen (secondary N) is 3. The third-order valence-electron chi connectivity index (χ3n) is 5.06. The summed E-state index contributed by atoms with van der Waals surface area (Å²) in [6.45, 7) is 10.6. The molecule has 3 heterocycles. The summed E-state index contributed by atoms with van der Waals surface area (Å²) in [6, 6.07) is 4.05. The van der Waals surface area contributed by atoms with Crippen molar-refractivity contribution in [3.8, 4) is 0 Å². The maximum atomic E-state index is 9.43. The number of aliphatic hydroxyl groups excluding tert-OH is 1. The van der Waals surface area contributed by atoms with Crippen LogP contribution in [0.4, 0.5) is 11.6 Å². The Morgan fingerprint density at radius 1 is 1.32 bits per heavy atom. The van der Waals surface area contributed by atoms with Gasteiger partial charge in [-0.05, 0) is 43.0 Å². The third-order valence-corrected chi connectivity index (χ3v) is 5.06. The summed E-state index contributed by atoms with van der Waals surface area (Å²) in [6.07, 6.45) is 6.78. The molecule has 3 aromatic rings. The van der Waals surface area contributed by atoms with Gasteiger partial charge in [-0.2, -0.15) is 0 Å². The molecule has 0 amide bonds. The van der Waals surface area contributed by atoms with Crippen molar-refractivity contribution in [2.75, 3.05) is 17.2 Å². The molecule has 1 aliphatic carbocycles. The van der Waals surface area contributed by atoms with Gasteiger partial charge in [0.15, 0.2) is 5.65 Å². The van der Waals surface area contributed by atoms with Gasteiger partial charge >= 0.3 is 0 Å². The zero-order valence-electron chi connectivity index (χ0n) is 15.9. The summed E-state index contributed by atoms with van der Waals surface area (Å²) in [5.41, 5.74) is 3.48. The van der Waals surface area contributed by atoms with Gasteiger partial charge in [0.1, 0.15) is 17.2 Å². The number of hydrogen-bond acceptors (Lipinski definition) is 6. The fourth-order valence-electron chi connectivity index (χ4n) is 3.45. The van der Waals surface area contributed by atoms with Gasteiger partial charge in [0.05, 0.1) is 12.3 Å². The second-order valence-electron chi connectivity index (χ2n) is 7.17. The van der Waals surface area contributed by atoms with E-state index >= 15 is 0 Å². The lowest BCUT2D eigenvalue weighted by Crippen LogP contribution is -2.39. The molecule has 0 aliphatic heterocycles. The molecular formula is C21H24N6O. The zero-order valence-corrected chi connectivity index (χ0v) is 15.9. The van der Waals surface area contributed by atoms with Gasteiger partial charge in [-0.15, -0.1) is 0 Å². The molecule has 0 saturated heterocycles. The van der Waals surface area contributed by atoms with Gasteiger partial charge < -0.3 is 20.7 Å². The Kier molecular flexibility index (Phi) is 4.83. The molecule has 4 rings (SSSR count). The molecule has 1 fully saturated rings. The van der Waals surface area contributed by atoms with Crippen molar-refractivity contribution < 1.29 is 5.11 Å². The van der Waals surface area contributed by atoms with Crippen LogP contribution in [0, 0.1) is 6.92 Å². The number of aromatic amines is 1. The van der Waals surface area contributed by atoms with E-state index in [0.717, 1.165) is 45.9 Å². The van der Waals surface area contributed by atoms with Crippen LogP contribution in [-0.2, 0) is 0 Å². The van der Waals surface area contributed by atoms with Crippen molar-refractivity contribution >= 4 is 35.0 Å². The van der Waals surface area contributed by atoms with Crippen molar-refractivity contribution in [2.45, 2.75) is 31.9 Å². The Balaban J connectivity index is 1.54. The quantitative estimate of drug-likeness (QED) is 0.520. The number of hydrogen-bond donors (Lipinski definition) is 4. The molecule has 144 valence electrons. The molecule has 1 saturated carbocycles. The fourth-order valence-corrected chi connectivity index (χ4v) is 3.45. The highest BCUT2D eigenvalue weighted by molar-refractivity contribution is 5.74. The number of rotatable bonds is 6. The lowest BCUT2D eigenvalue weighted by Gasteiger charge is -2.32. The number of aliphatic hydroxyl groups is 1. The number of anilines is 2. The fraction of sp³-hybridized carbons (Fsp3) is 0.286. The minimum absolute atomic E-state index is 0.202. The predicted octanol–water partition coefficient (Wildman–Crippen LogP) is 1.46. The van der Waals surface area contributed by atoms with Crippen molar-refractivity contribution in [3.05, 3.63) is 53.3 Å². The number of fused-ring (bicyclic) bond motifs is 1. The molecule has 0 unspecified atom stereocenters. The van der Waals surface area contributed by atoms with Crippen LogP contribution in [0.3, 0.4) is 0 Å².